The highest BCUT2D eigenvalue weighted by Crippen LogP contribution is 2.06. The van der Waals surface area contributed by atoms with E-state index < -0.39 is 0 Å². The van der Waals surface area contributed by atoms with Crippen LogP contribution in [0.2, 0.25) is 0 Å². The van der Waals surface area contributed by atoms with Gasteiger partial charge >= 0.3 is 0 Å². The van der Waals surface area contributed by atoms with Crippen LogP contribution in [0, 0.1) is 0 Å². The number of piperidine rings is 1. The van der Waals surface area contributed by atoms with Gasteiger partial charge in [-0.2, -0.15) is 0 Å². The van der Waals surface area contributed by atoms with Crippen molar-refractivity contribution in [3.8, 4) is 0 Å². The van der Waals surface area contributed by atoms with Gasteiger partial charge in [-0.15, -0.1) is 0 Å². The van der Waals surface area contributed by atoms with Gasteiger partial charge in [-0.3, -0.25) is 4.79 Å². The van der Waals surface area contributed by atoms with Gasteiger partial charge in [-0.1, -0.05) is 6.42 Å². The monoisotopic (exact) mass is 213 g/mol. The average molecular weight is 213 g/mol. The van der Waals surface area contributed by atoms with E-state index in [2.05, 4.69) is 10.6 Å². The van der Waals surface area contributed by atoms with Crippen molar-refractivity contribution in [3.63, 3.8) is 0 Å². The van der Waals surface area contributed by atoms with Crippen LogP contribution >= 0.6 is 0 Å². The Labute approximate surface area is 92.4 Å². The molecule has 1 saturated heterocycles. The van der Waals surface area contributed by atoms with Crippen LogP contribution in [0.25, 0.3) is 0 Å². The molecule has 4 nitrogen and oxygen atoms in total. The molecule has 0 bridgehead atoms. The van der Waals surface area contributed by atoms with Crippen LogP contribution in [-0.2, 0) is 4.79 Å². The first-order valence-electron chi connectivity index (χ1n) is 5.79. The van der Waals surface area contributed by atoms with Crippen LogP contribution in [0.15, 0.2) is 0 Å². The van der Waals surface area contributed by atoms with Crippen LogP contribution < -0.4 is 10.6 Å². The van der Waals surface area contributed by atoms with Gasteiger partial charge < -0.3 is 15.5 Å². The summed E-state index contributed by atoms with van der Waals surface area (Å²) < 4.78 is 0. The molecule has 0 spiro atoms. The lowest BCUT2D eigenvalue weighted by molar-refractivity contribution is -0.130. The Bertz CT molecular complexity index is 200. The standard InChI is InChI=1S/C11H23N3O/c1-9(11(15)14(2)3)13-8-10-6-4-5-7-12-10/h9-10,12-13H,4-8H2,1-3H3. The Morgan fingerprint density at radius 1 is 1.53 bits per heavy atom. The summed E-state index contributed by atoms with van der Waals surface area (Å²) in [6.45, 7) is 3.92. The van der Waals surface area contributed by atoms with Crippen molar-refractivity contribution in [1.82, 2.24) is 15.5 Å². The minimum atomic E-state index is -0.0799. The van der Waals surface area contributed by atoms with Crippen molar-refractivity contribution >= 4 is 5.91 Å². The number of nitrogens with zero attached hydrogens (tertiary/aromatic N) is 1. The fourth-order valence-electron chi connectivity index (χ4n) is 1.89. The largest absolute Gasteiger partial charge is 0.347 e. The van der Waals surface area contributed by atoms with E-state index in [1.807, 2.05) is 6.92 Å². The van der Waals surface area contributed by atoms with Gasteiger partial charge in [-0.25, -0.2) is 0 Å². The van der Waals surface area contributed by atoms with Gasteiger partial charge in [0.05, 0.1) is 6.04 Å². The van der Waals surface area contributed by atoms with Crippen molar-refractivity contribution < 1.29 is 4.79 Å². The fourth-order valence-corrected chi connectivity index (χ4v) is 1.89. The van der Waals surface area contributed by atoms with Crippen molar-refractivity contribution in [3.05, 3.63) is 0 Å². The zero-order valence-electron chi connectivity index (χ0n) is 10.0. The topological polar surface area (TPSA) is 44.4 Å². The fraction of sp³-hybridized carbons (Fsp3) is 0.909. The van der Waals surface area contributed by atoms with Gasteiger partial charge in [0.2, 0.25) is 5.91 Å². The van der Waals surface area contributed by atoms with Gasteiger partial charge in [-0.05, 0) is 26.3 Å². The molecular weight excluding hydrogens is 190 g/mol. The van der Waals surface area contributed by atoms with Crippen molar-refractivity contribution in [2.45, 2.75) is 38.3 Å². The lowest BCUT2D eigenvalue weighted by Gasteiger charge is -2.26. The summed E-state index contributed by atoms with van der Waals surface area (Å²) in [7, 11) is 3.58. The number of nitrogens with one attached hydrogen (secondary N) is 2. The zero-order chi connectivity index (χ0) is 11.3. The molecule has 0 aromatic carbocycles. The summed E-state index contributed by atoms with van der Waals surface area (Å²) in [6, 6.07) is 0.458. The summed E-state index contributed by atoms with van der Waals surface area (Å²) in [6.07, 6.45) is 3.80. The third kappa shape index (κ3) is 4.18. The van der Waals surface area contributed by atoms with E-state index in [1.54, 1.807) is 19.0 Å². The lowest BCUT2D eigenvalue weighted by atomic mass is 10.0. The van der Waals surface area contributed by atoms with Crippen LogP contribution in [-0.4, -0.2) is 50.1 Å². The van der Waals surface area contributed by atoms with Crippen LogP contribution in [0.1, 0.15) is 26.2 Å². The molecule has 2 unspecified atom stereocenters. The number of hydrogen-bond acceptors (Lipinski definition) is 3. The molecule has 0 radical (unpaired) electrons. The molecule has 1 heterocycles. The van der Waals surface area contributed by atoms with Crippen LogP contribution in [0.3, 0.4) is 0 Å². The number of carbonyl (C=O) groups is 1. The second-order valence-corrected chi connectivity index (χ2v) is 4.51. The first kappa shape index (κ1) is 12.5. The van der Waals surface area contributed by atoms with E-state index >= 15 is 0 Å². The molecule has 1 rings (SSSR count). The minimum absolute atomic E-state index is 0.0799. The Hall–Kier alpha value is -0.610. The number of carbonyl (C=O) groups excluding carboxylic acids is 1. The van der Waals surface area contributed by atoms with Crippen LogP contribution in [0.4, 0.5) is 0 Å². The summed E-state index contributed by atoms with van der Waals surface area (Å²) in [5.41, 5.74) is 0. The van der Waals surface area contributed by atoms with E-state index in [-0.39, 0.29) is 11.9 Å². The molecule has 2 atom stereocenters. The predicted molar refractivity (Wildman–Crippen MR) is 61.8 cm³/mol. The average Bonchev–Trinajstić information content (AvgIpc) is 2.26. The molecule has 88 valence electrons. The minimum Gasteiger partial charge on any atom is -0.347 e. The summed E-state index contributed by atoms with van der Waals surface area (Å²) >= 11 is 0. The van der Waals surface area contributed by atoms with E-state index in [0.29, 0.717) is 6.04 Å². The normalized spacial score (nSPS) is 23.5. The second-order valence-electron chi connectivity index (χ2n) is 4.51. The molecule has 1 amide bonds. The first-order valence-corrected chi connectivity index (χ1v) is 5.79. The highest BCUT2D eigenvalue weighted by Gasteiger charge is 2.17. The second kappa shape index (κ2) is 6.08. The maximum Gasteiger partial charge on any atom is 0.238 e. The number of amides is 1. The molecule has 15 heavy (non-hydrogen) atoms. The molecule has 1 aliphatic heterocycles. The van der Waals surface area contributed by atoms with Crippen LogP contribution in [0.5, 0.6) is 0 Å². The van der Waals surface area contributed by atoms with Gasteiger partial charge in [0, 0.05) is 26.7 Å². The van der Waals surface area contributed by atoms with E-state index in [1.165, 1.54) is 19.3 Å². The predicted octanol–water partition coefficient (Wildman–Crippen LogP) is 0.195. The number of hydrogen-bond donors (Lipinski definition) is 2. The summed E-state index contributed by atoms with van der Waals surface area (Å²) in [4.78, 5) is 13.2. The van der Waals surface area contributed by atoms with Crippen molar-refractivity contribution in [2.24, 2.45) is 0 Å². The maximum atomic E-state index is 11.6. The molecular formula is C11H23N3O. The Kier molecular flexibility index (Phi) is 5.05. The molecule has 0 aromatic rings. The maximum absolute atomic E-state index is 11.6. The van der Waals surface area contributed by atoms with Gasteiger partial charge in [0.25, 0.3) is 0 Å². The quantitative estimate of drug-likeness (QED) is 0.701. The highest BCUT2D eigenvalue weighted by atomic mass is 16.2. The zero-order valence-corrected chi connectivity index (χ0v) is 10.0. The van der Waals surface area contributed by atoms with Crippen molar-refractivity contribution in [1.29, 1.82) is 0 Å². The van der Waals surface area contributed by atoms with E-state index in [9.17, 15) is 4.79 Å². The van der Waals surface area contributed by atoms with Gasteiger partial charge in [0.1, 0.15) is 0 Å². The molecule has 0 saturated carbocycles. The Balaban J connectivity index is 2.20. The smallest absolute Gasteiger partial charge is 0.238 e. The Morgan fingerprint density at radius 2 is 2.27 bits per heavy atom. The van der Waals surface area contributed by atoms with Crippen molar-refractivity contribution in [2.75, 3.05) is 27.2 Å². The number of rotatable bonds is 4. The third-order valence-electron chi connectivity index (χ3n) is 2.89. The van der Waals surface area contributed by atoms with Gasteiger partial charge in [0.15, 0.2) is 0 Å². The molecule has 1 fully saturated rings. The molecule has 4 heteroatoms. The third-order valence-corrected chi connectivity index (χ3v) is 2.89. The Morgan fingerprint density at radius 3 is 2.80 bits per heavy atom. The first-order chi connectivity index (χ1) is 7.11. The molecule has 1 aliphatic rings. The van der Waals surface area contributed by atoms with E-state index in [4.69, 9.17) is 0 Å². The SMILES string of the molecule is CC(NCC1CCCCN1)C(=O)N(C)C. The summed E-state index contributed by atoms with van der Waals surface area (Å²) in [5.74, 6) is 0.144. The lowest BCUT2D eigenvalue weighted by Crippen LogP contribution is -2.48. The number of likely N-dealkylation sites (N-methyl/N-ethyl adjacent to an activating group) is 1. The molecule has 2 N–H and O–H groups in total. The summed E-state index contributed by atoms with van der Waals surface area (Å²) in [5, 5.41) is 6.73. The molecule has 0 aromatic heterocycles. The highest BCUT2D eigenvalue weighted by molar-refractivity contribution is 5.80. The van der Waals surface area contributed by atoms with E-state index in [0.717, 1.165) is 13.1 Å². The molecule has 0 aliphatic carbocycles.